The molecule has 0 saturated heterocycles. The molecule has 2 saturated carbocycles. The molecule has 0 aromatic rings. The van der Waals surface area contributed by atoms with Crippen LogP contribution in [0, 0.1) is 17.3 Å². The summed E-state index contributed by atoms with van der Waals surface area (Å²) in [5, 5.41) is 0. The van der Waals surface area contributed by atoms with Crippen LogP contribution in [0.1, 0.15) is 65.2 Å². The van der Waals surface area contributed by atoms with Crippen molar-refractivity contribution in [3.05, 3.63) is 0 Å². The molecule has 0 radical (unpaired) electrons. The van der Waals surface area contributed by atoms with E-state index in [1.807, 2.05) is 13.8 Å². The Labute approximate surface area is 123 Å². The molecule has 0 aliphatic heterocycles. The first kappa shape index (κ1) is 15.8. The van der Waals surface area contributed by atoms with Gasteiger partial charge in [-0.05, 0) is 51.4 Å². The van der Waals surface area contributed by atoms with E-state index in [0.29, 0.717) is 31.7 Å². The summed E-state index contributed by atoms with van der Waals surface area (Å²) in [5.74, 6) is 0.958. The molecule has 0 N–H and O–H groups in total. The lowest BCUT2D eigenvalue weighted by molar-refractivity contribution is -0.170. The molecule has 0 amide bonds. The van der Waals surface area contributed by atoms with Crippen molar-refractivity contribution in [1.82, 2.24) is 0 Å². The Morgan fingerprint density at radius 3 is 1.85 bits per heavy atom. The van der Waals surface area contributed by atoms with E-state index in [1.54, 1.807) is 0 Å². The van der Waals surface area contributed by atoms with E-state index in [2.05, 4.69) is 0 Å². The molecule has 0 unspecified atom stereocenters. The number of hydrogen-bond donors (Lipinski definition) is 0. The van der Waals surface area contributed by atoms with Crippen molar-refractivity contribution in [2.75, 3.05) is 19.8 Å². The Hall–Kier alpha value is -0.570. The van der Waals surface area contributed by atoms with Gasteiger partial charge in [0.15, 0.2) is 0 Å². The van der Waals surface area contributed by atoms with E-state index in [1.165, 1.54) is 51.4 Å². The van der Waals surface area contributed by atoms with Gasteiger partial charge in [0, 0.05) is 6.61 Å². The van der Waals surface area contributed by atoms with Crippen LogP contribution < -0.4 is 0 Å². The Bertz CT molecular complexity index is 285. The normalized spacial score (nSPS) is 21.5. The number of carbonyl (C=O) groups excluding carboxylic acids is 1. The van der Waals surface area contributed by atoms with Gasteiger partial charge < -0.3 is 9.47 Å². The minimum atomic E-state index is -0.362. The van der Waals surface area contributed by atoms with Crippen molar-refractivity contribution < 1.29 is 14.3 Å². The van der Waals surface area contributed by atoms with Gasteiger partial charge >= 0.3 is 5.97 Å². The molecule has 2 fully saturated rings. The largest absolute Gasteiger partial charge is 0.465 e. The average molecular weight is 282 g/mol. The topological polar surface area (TPSA) is 35.5 Å². The lowest BCUT2D eigenvalue weighted by Gasteiger charge is -2.41. The van der Waals surface area contributed by atoms with Gasteiger partial charge in [0.25, 0.3) is 0 Å². The fraction of sp³-hybridized carbons (Fsp3) is 0.941. The fourth-order valence-electron chi connectivity index (χ4n) is 4.38. The molecule has 0 aromatic carbocycles. The highest BCUT2D eigenvalue weighted by molar-refractivity contribution is 5.78. The predicted molar refractivity (Wildman–Crippen MR) is 79.5 cm³/mol. The van der Waals surface area contributed by atoms with Crippen LogP contribution in [-0.4, -0.2) is 25.8 Å². The average Bonchev–Trinajstić information content (AvgIpc) is 3.14. The third-order valence-corrected chi connectivity index (χ3v) is 5.37. The van der Waals surface area contributed by atoms with Gasteiger partial charge in [0.05, 0.1) is 18.6 Å². The highest BCUT2D eigenvalue weighted by Crippen LogP contribution is 2.51. The van der Waals surface area contributed by atoms with Crippen LogP contribution in [0.3, 0.4) is 0 Å². The van der Waals surface area contributed by atoms with Gasteiger partial charge in [-0.25, -0.2) is 0 Å². The summed E-state index contributed by atoms with van der Waals surface area (Å²) < 4.78 is 11.3. The van der Waals surface area contributed by atoms with Gasteiger partial charge in [0.2, 0.25) is 0 Å². The van der Waals surface area contributed by atoms with Crippen molar-refractivity contribution in [1.29, 1.82) is 0 Å². The standard InChI is InChI=1S/C17H30O3/c1-3-19-13-17(16(18)20-4-2,14-9-5-6-10-14)15-11-7-8-12-15/h14-15H,3-13H2,1-2H3. The molecule has 0 atom stereocenters. The molecule has 2 aliphatic rings. The molecule has 0 aromatic heterocycles. The Morgan fingerprint density at radius 2 is 1.45 bits per heavy atom. The number of esters is 1. The third-order valence-electron chi connectivity index (χ3n) is 5.37. The van der Waals surface area contributed by atoms with Crippen LogP contribution in [0.2, 0.25) is 0 Å². The smallest absolute Gasteiger partial charge is 0.314 e. The minimum absolute atomic E-state index is 0.0206. The second-order valence-corrected chi connectivity index (χ2v) is 6.36. The van der Waals surface area contributed by atoms with E-state index in [-0.39, 0.29) is 11.4 Å². The van der Waals surface area contributed by atoms with Gasteiger partial charge in [-0.3, -0.25) is 4.79 Å². The third kappa shape index (κ3) is 3.03. The molecular formula is C17H30O3. The maximum absolute atomic E-state index is 12.8. The zero-order valence-electron chi connectivity index (χ0n) is 13.2. The Balaban J connectivity index is 2.26. The van der Waals surface area contributed by atoms with Crippen molar-refractivity contribution in [3.63, 3.8) is 0 Å². The van der Waals surface area contributed by atoms with Crippen molar-refractivity contribution in [2.24, 2.45) is 17.3 Å². The van der Waals surface area contributed by atoms with Crippen molar-refractivity contribution in [2.45, 2.75) is 65.2 Å². The zero-order chi connectivity index (χ0) is 14.4. The molecule has 116 valence electrons. The van der Waals surface area contributed by atoms with Crippen molar-refractivity contribution >= 4 is 5.97 Å². The lowest BCUT2D eigenvalue weighted by atomic mass is 9.65. The Morgan fingerprint density at radius 1 is 0.950 bits per heavy atom. The summed E-state index contributed by atoms with van der Waals surface area (Å²) in [4.78, 5) is 12.8. The lowest BCUT2D eigenvalue weighted by Crippen LogP contribution is -2.48. The minimum Gasteiger partial charge on any atom is -0.465 e. The number of ether oxygens (including phenoxy) is 2. The molecule has 2 rings (SSSR count). The first-order chi connectivity index (χ1) is 9.75. The summed E-state index contributed by atoms with van der Waals surface area (Å²) in [6.07, 6.45) is 9.69. The van der Waals surface area contributed by atoms with E-state index in [4.69, 9.17) is 9.47 Å². The zero-order valence-corrected chi connectivity index (χ0v) is 13.2. The maximum Gasteiger partial charge on any atom is 0.314 e. The van der Waals surface area contributed by atoms with E-state index >= 15 is 0 Å². The van der Waals surface area contributed by atoms with Gasteiger partial charge in [-0.1, -0.05) is 25.7 Å². The maximum atomic E-state index is 12.8. The van der Waals surface area contributed by atoms with Crippen LogP contribution in [-0.2, 0) is 14.3 Å². The first-order valence-electron chi connectivity index (χ1n) is 8.50. The number of carbonyl (C=O) groups is 1. The van der Waals surface area contributed by atoms with Crippen LogP contribution >= 0.6 is 0 Å². The molecule has 0 spiro atoms. The van der Waals surface area contributed by atoms with E-state index in [0.717, 1.165) is 0 Å². The van der Waals surface area contributed by atoms with Crippen LogP contribution in [0.15, 0.2) is 0 Å². The van der Waals surface area contributed by atoms with E-state index < -0.39 is 0 Å². The molecule has 2 aliphatic carbocycles. The van der Waals surface area contributed by atoms with Crippen LogP contribution in [0.5, 0.6) is 0 Å². The molecule has 20 heavy (non-hydrogen) atoms. The predicted octanol–water partition coefficient (Wildman–Crippen LogP) is 3.95. The van der Waals surface area contributed by atoms with Crippen LogP contribution in [0.25, 0.3) is 0 Å². The highest BCUT2D eigenvalue weighted by Gasteiger charge is 2.53. The van der Waals surface area contributed by atoms with Gasteiger partial charge in [0.1, 0.15) is 0 Å². The van der Waals surface area contributed by atoms with Gasteiger partial charge in [-0.2, -0.15) is 0 Å². The monoisotopic (exact) mass is 282 g/mol. The number of rotatable bonds is 7. The quantitative estimate of drug-likeness (QED) is 0.663. The summed E-state index contributed by atoms with van der Waals surface area (Å²) >= 11 is 0. The molecule has 3 nitrogen and oxygen atoms in total. The number of hydrogen-bond acceptors (Lipinski definition) is 3. The molecule has 0 bridgehead atoms. The molecular weight excluding hydrogens is 252 g/mol. The first-order valence-corrected chi connectivity index (χ1v) is 8.50. The highest BCUT2D eigenvalue weighted by atomic mass is 16.5. The summed E-state index contributed by atoms with van der Waals surface area (Å²) in [7, 11) is 0. The molecule has 0 heterocycles. The van der Waals surface area contributed by atoms with Gasteiger partial charge in [-0.15, -0.1) is 0 Å². The van der Waals surface area contributed by atoms with Crippen LogP contribution in [0.4, 0.5) is 0 Å². The Kier molecular flexibility index (Phi) is 5.88. The summed E-state index contributed by atoms with van der Waals surface area (Å²) in [6, 6.07) is 0. The summed E-state index contributed by atoms with van der Waals surface area (Å²) in [6.45, 7) is 5.65. The SMILES string of the molecule is CCOCC(C(=O)OCC)(C1CCCC1)C1CCCC1. The van der Waals surface area contributed by atoms with E-state index in [9.17, 15) is 4.79 Å². The summed E-state index contributed by atoms with van der Waals surface area (Å²) in [5.41, 5.74) is -0.362. The fourth-order valence-corrected chi connectivity index (χ4v) is 4.38. The second kappa shape index (κ2) is 7.44. The second-order valence-electron chi connectivity index (χ2n) is 6.36. The van der Waals surface area contributed by atoms with Crippen molar-refractivity contribution in [3.8, 4) is 0 Å². The molecule has 3 heteroatoms.